The van der Waals surface area contributed by atoms with Crippen LogP contribution in [0.5, 0.6) is 0 Å². The largest absolute Gasteiger partial charge is 0.481 e. The van der Waals surface area contributed by atoms with Gasteiger partial charge in [0.2, 0.25) is 0 Å². The first-order chi connectivity index (χ1) is 12.5. The number of aliphatic carboxylic acids is 1. The lowest BCUT2D eigenvalue weighted by atomic mass is 10.0. The van der Waals surface area contributed by atoms with Crippen LogP contribution in [-0.2, 0) is 11.2 Å². The molecule has 26 heavy (non-hydrogen) atoms. The Morgan fingerprint density at radius 2 is 2.00 bits per heavy atom. The van der Waals surface area contributed by atoms with Crippen LogP contribution in [0.15, 0.2) is 47.3 Å². The summed E-state index contributed by atoms with van der Waals surface area (Å²) in [6.07, 6.45) is 0.126. The summed E-state index contributed by atoms with van der Waals surface area (Å²) in [6.45, 7) is 0. The van der Waals surface area contributed by atoms with Gasteiger partial charge in [-0.25, -0.2) is 4.98 Å². The number of carbonyl (C=O) groups is 1. The molecule has 0 bridgehead atoms. The molecule has 0 aliphatic rings. The summed E-state index contributed by atoms with van der Waals surface area (Å²) in [4.78, 5) is 31.0. The van der Waals surface area contributed by atoms with Crippen molar-refractivity contribution in [1.82, 2.24) is 9.97 Å². The predicted molar refractivity (Wildman–Crippen MR) is 104 cm³/mol. The van der Waals surface area contributed by atoms with Crippen molar-refractivity contribution in [3.8, 4) is 11.1 Å². The number of benzene rings is 2. The van der Waals surface area contributed by atoms with Crippen molar-refractivity contribution < 1.29 is 9.90 Å². The van der Waals surface area contributed by atoms with E-state index in [1.54, 1.807) is 0 Å². The highest BCUT2D eigenvalue weighted by molar-refractivity contribution is 7.25. The third kappa shape index (κ3) is 3.09. The highest BCUT2D eigenvalue weighted by atomic mass is 35.5. The minimum atomic E-state index is -0.921. The van der Waals surface area contributed by atoms with E-state index in [9.17, 15) is 9.59 Å². The lowest BCUT2D eigenvalue weighted by Gasteiger charge is -2.02. The van der Waals surface area contributed by atoms with Crippen molar-refractivity contribution in [1.29, 1.82) is 0 Å². The number of carboxylic acid groups (broad SMARTS) is 1. The maximum absolute atomic E-state index is 12.5. The number of halogens is 1. The quantitative estimate of drug-likeness (QED) is 0.543. The summed E-state index contributed by atoms with van der Waals surface area (Å²) in [5.41, 5.74) is 1.77. The van der Waals surface area contributed by atoms with Gasteiger partial charge in [-0.15, -0.1) is 11.3 Å². The molecule has 0 unspecified atom stereocenters. The topological polar surface area (TPSA) is 83.0 Å². The molecule has 4 rings (SSSR count). The normalized spacial score (nSPS) is 11.3. The Balaban J connectivity index is 1.84. The van der Waals surface area contributed by atoms with Gasteiger partial charge in [0.1, 0.15) is 10.7 Å². The van der Waals surface area contributed by atoms with Gasteiger partial charge in [-0.05, 0) is 29.3 Å². The molecular formula is C19H13ClN2O3S. The Morgan fingerprint density at radius 1 is 1.19 bits per heavy atom. The number of nitrogens with zero attached hydrogens (tertiary/aromatic N) is 1. The number of hydrogen-bond donors (Lipinski definition) is 2. The summed E-state index contributed by atoms with van der Waals surface area (Å²) in [7, 11) is 0. The highest BCUT2D eigenvalue weighted by Gasteiger charge is 2.13. The molecule has 130 valence electrons. The van der Waals surface area contributed by atoms with Crippen molar-refractivity contribution in [3.63, 3.8) is 0 Å². The number of aromatic nitrogens is 2. The molecular weight excluding hydrogens is 372 g/mol. The second kappa shape index (κ2) is 6.55. The fraction of sp³-hybridized carbons (Fsp3) is 0.105. The third-order valence-electron chi connectivity index (χ3n) is 4.13. The summed E-state index contributed by atoms with van der Waals surface area (Å²) < 4.78 is 0.950. The van der Waals surface area contributed by atoms with Gasteiger partial charge in [-0.1, -0.05) is 35.9 Å². The first-order valence-electron chi connectivity index (χ1n) is 7.94. The molecule has 2 heterocycles. The van der Waals surface area contributed by atoms with Crippen LogP contribution in [0.1, 0.15) is 12.2 Å². The zero-order valence-electron chi connectivity index (χ0n) is 13.5. The molecule has 0 aliphatic heterocycles. The second-order valence-electron chi connectivity index (χ2n) is 5.91. The average molecular weight is 385 g/mol. The van der Waals surface area contributed by atoms with Crippen molar-refractivity contribution in [2.45, 2.75) is 12.8 Å². The first-order valence-corrected chi connectivity index (χ1v) is 9.14. The number of thiophene rings is 1. The van der Waals surface area contributed by atoms with E-state index < -0.39 is 5.97 Å². The summed E-state index contributed by atoms with van der Waals surface area (Å²) in [5.74, 6) is -0.526. The molecule has 5 nitrogen and oxygen atoms in total. The molecule has 0 aliphatic carbocycles. The predicted octanol–water partition coefficient (Wildman–Crippen LogP) is 4.48. The first kappa shape index (κ1) is 16.8. The van der Waals surface area contributed by atoms with Gasteiger partial charge >= 0.3 is 5.97 Å². The molecule has 2 aromatic carbocycles. The summed E-state index contributed by atoms with van der Waals surface area (Å²) in [5, 5.41) is 10.9. The number of hydrogen-bond acceptors (Lipinski definition) is 4. The molecule has 4 aromatic rings. The molecule has 2 aromatic heterocycles. The van der Waals surface area contributed by atoms with Crippen molar-refractivity contribution in [2.75, 3.05) is 0 Å². The molecule has 0 fully saturated rings. The second-order valence-corrected chi connectivity index (χ2v) is 7.38. The van der Waals surface area contributed by atoms with Gasteiger partial charge in [0.05, 0.1) is 11.8 Å². The van der Waals surface area contributed by atoms with Crippen molar-refractivity contribution >= 4 is 49.2 Å². The Kier molecular flexibility index (Phi) is 4.22. The van der Waals surface area contributed by atoms with Gasteiger partial charge in [0, 0.05) is 21.5 Å². The maximum Gasteiger partial charge on any atom is 0.303 e. The highest BCUT2D eigenvalue weighted by Crippen LogP contribution is 2.34. The molecule has 0 radical (unpaired) electrons. The summed E-state index contributed by atoms with van der Waals surface area (Å²) >= 11 is 7.50. The zero-order valence-corrected chi connectivity index (χ0v) is 15.0. The Morgan fingerprint density at radius 3 is 2.77 bits per heavy atom. The molecule has 0 spiro atoms. The van der Waals surface area contributed by atoms with E-state index in [2.05, 4.69) is 9.97 Å². The smallest absolute Gasteiger partial charge is 0.303 e. The van der Waals surface area contributed by atoms with Crippen LogP contribution in [0, 0.1) is 0 Å². The van der Waals surface area contributed by atoms with Gasteiger partial charge in [-0.2, -0.15) is 0 Å². The van der Waals surface area contributed by atoms with Crippen LogP contribution in [0.3, 0.4) is 0 Å². The van der Waals surface area contributed by atoms with Crippen LogP contribution < -0.4 is 5.56 Å². The van der Waals surface area contributed by atoms with E-state index in [1.165, 1.54) is 11.3 Å². The number of nitrogens with one attached hydrogen (secondary N) is 1. The van der Waals surface area contributed by atoms with Gasteiger partial charge < -0.3 is 10.1 Å². The number of rotatable bonds is 4. The van der Waals surface area contributed by atoms with Gasteiger partial charge in [0.15, 0.2) is 0 Å². The van der Waals surface area contributed by atoms with Crippen LogP contribution >= 0.6 is 22.9 Å². The molecule has 0 saturated heterocycles. The van der Waals surface area contributed by atoms with Gasteiger partial charge in [-0.3, -0.25) is 9.59 Å². The number of fused-ring (bicyclic) bond motifs is 3. The van der Waals surface area contributed by atoms with E-state index in [4.69, 9.17) is 16.7 Å². The van der Waals surface area contributed by atoms with E-state index in [0.717, 1.165) is 21.2 Å². The van der Waals surface area contributed by atoms with Crippen LogP contribution in [0.25, 0.3) is 31.4 Å². The van der Waals surface area contributed by atoms with Crippen molar-refractivity contribution in [3.05, 3.63) is 63.7 Å². The lowest BCUT2D eigenvalue weighted by molar-refractivity contribution is -0.137. The molecule has 0 atom stereocenters. The van der Waals surface area contributed by atoms with E-state index in [0.29, 0.717) is 21.1 Å². The molecule has 2 N–H and O–H groups in total. The Labute approximate surface area is 156 Å². The Hall–Kier alpha value is -2.70. The van der Waals surface area contributed by atoms with Crippen LogP contribution in [0.4, 0.5) is 0 Å². The fourth-order valence-corrected chi connectivity index (χ4v) is 4.24. The van der Waals surface area contributed by atoms with Crippen LogP contribution in [0.2, 0.25) is 5.02 Å². The number of H-pyrrole nitrogens is 1. The van der Waals surface area contributed by atoms with E-state index in [-0.39, 0.29) is 18.4 Å². The maximum atomic E-state index is 12.5. The Bertz CT molecular complexity index is 1210. The number of aryl methyl sites for hydroxylation is 1. The lowest BCUT2D eigenvalue weighted by Crippen LogP contribution is -2.12. The average Bonchev–Trinajstić information content (AvgIpc) is 2.97. The van der Waals surface area contributed by atoms with Crippen molar-refractivity contribution in [2.24, 2.45) is 0 Å². The van der Waals surface area contributed by atoms with Crippen LogP contribution in [-0.4, -0.2) is 21.0 Å². The molecule has 0 saturated carbocycles. The molecule has 7 heteroatoms. The number of aromatic amines is 1. The van der Waals surface area contributed by atoms with E-state index in [1.807, 2.05) is 42.5 Å². The fourth-order valence-electron chi connectivity index (χ4n) is 2.92. The number of carboxylic acids is 1. The third-order valence-corrected chi connectivity index (χ3v) is 5.41. The summed E-state index contributed by atoms with van der Waals surface area (Å²) in [6, 6.07) is 13.5. The SMILES string of the molecule is O=C(O)CCc1nc2sc3cc(-c4cccc(Cl)c4)ccc3c2c(=O)[nH]1. The molecule has 0 amide bonds. The minimum Gasteiger partial charge on any atom is -0.481 e. The monoisotopic (exact) mass is 384 g/mol. The minimum absolute atomic E-state index is 0.0712. The van der Waals surface area contributed by atoms with E-state index >= 15 is 0 Å². The van der Waals surface area contributed by atoms with Gasteiger partial charge in [0.25, 0.3) is 5.56 Å². The zero-order chi connectivity index (χ0) is 18.3. The standard InChI is InChI=1S/C19H13ClN2O3S/c20-12-3-1-2-10(8-12)11-4-5-13-14(9-11)26-19-17(13)18(25)21-15(22-19)6-7-16(23)24/h1-5,8-9H,6-7H2,(H,23,24)(H,21,22,25).